The van der Waals surface area contributed by atoms with Crippen molar-refractivity contribution < 1.29 is 23.5 Å². The Morgan fingerprint density at radius 3 is 2.57 bits per heavy atom. The summed E-state index contributed by atoms with van der Waals surface area (Å²) in [6.45, 7) is 4.83. The highest BCUT2D eigenvalue weighted by atomic mass is 19.1. The predicted octanol–water partition coefficient (Wildman–Crippen LogP) is 3.12. The maximum atomic E-state index is 12.8. The van der Waals surface area contributed by atoms with Gasteiger partial charge in [0.05, 0.1) is 19.4 Å². The Morgan fingerprint density at radius 2 is 1.86 bits per heavy atom. The minimum Gasteiger partial charge on any atom is -0.492 e. The van der Waals surface area contributed by atoms with Crippen molar-refractivity contribution in [2.45, 2.75) is 0 Å². The van der Waals surface area contributed by atoms with E-state index in [1.165, 1.54) is 30.5 Å². The molecule has 0 atom stereocenters. The molecule has 1 N–H and O–H groups in total. The van der Waals surface area contributed by atoms with E-state index in [0.29, 0.717) is 17.9 Å². The Morgan fingerprint density at radius 1 is 1.14 bits per heavy atom. The number of carbonyl (C=O) groups excluding carboxylic acids is 1. The number of nitrogens with zero attached hydrogens (tertiary/aromatic N) is 2. The molecule has 0 aliphatic carbocycles. The van der Waals surface area contributed by atoms with Crippen molar-refractivity contribution in [2.75, 3.05) is 44.8 Å². The number of carbonyl (C=O) groups is 1. The standard InChI is InChI=1S/C20H22FN3O4/c21-17-3-1-16(2-4-17)15-22-28-20(25)23-18-5-7-19(8-6-18)27-14-11-24-9-12-26-13-10-24/h1-8,15H,9-14H2,(H,23,25)/b22-15+. The summed E-state index contributed by atoms with van der Waals surface area (Å²) in [5.41, 5.74) is 1.18. The topological polar surface area (TPSA) is 72.4 Å². The van der Waals surface area contributed by atoms with Gasteiger partial charge < -0.3 is 9.47 Å². The molecule has 2 aromatic rings. The number of hydrogen-bond acceptors (Lipinski definition) is 6. The fourth-order valence-corrected chi connectivity index (χ4v) is 2.58. The molecule has 0 bridgehead atoms. The number of benzene rings is 2. The van der Waals surface area contributed by atoms with Gasteiger partial charge in [0.1, 0.15) is 18.2 Å². The number of halogens is 1. The molecule has 1 fully saturated rings. The molecular formula is C20H22FN3O4. The third kappa shape index (κ3) is 6.64. The van der Waals surface area contributed by atoms with E-state index in [1.54, 1.807) is 24.3 Å². The molecule has 2 aromatic carbocycles. The van der Waals surface area contributed by atoms with E-state index in [9.17, 15) is 9.18 Å². The number of rotatable bonds is 7. The molecule has 0 saturated carbocycles. The number of nitrogens with one attached hydrogen (secondary N) is 1. The molecule has 0 radical (unpaired) electrons. The molecular weight excluding hydrogens is 365 g/mol. The highest BCUT2D eigenvalue weighted by Crippen LogP contribution is 2.16. The van der Waals surface area contributed by atoms with Crippen molar-refractivity contribution in [1.82, 2.24) is 4.90 Å². The second-order valence-electron chi connectivity index (χ2n) is 6.12. The van der Waals surface area contributed by atoms with Gasteiger partial charge in [-0.2, -0.15) is 0 Å². The fourth-order valence-electron chi connectivity index (χ4n) is 2.58. The molecule has 1 heterocycles. The highest BCUT2D eigenvalue weighted by Gasteiger charge is 2.09. The average Bonchev–Trinajstić information content (AvgIpc) is 2.72. The lowest BCUT2D eigenvalue weighted by atomic mass is 10.2. The van der Waals surface area contributed by atoms with E-state index in [0.717, 1.165) is 38.6 Å². The van der Waals surface area contributed by atoms with Gasteiger partial charge in [-0.3, -0.25) is 15.1 Å². The normalized spacial score (nSPS) is 14.8. The van der Waals surface area contributed by atoms with Gasteiger partial charge in [-0.15, -0.1) is 0 Å². The molecule has 28 heavy (non-hydrogen) atoms. The first-order valence-corrected chi connectivity index (χ1v) is 8.99. The van der Waals surface area contributed by atoms with Gasteiger partial charge in [0.2, 0.25) is 0 Å². The molecule has 0 spiro atoms. The molecule has 1 aliphatic heterocycles. The first-order chi connectivity index (χ1) is 13.7. The van der Waals surface area contributed by atoms with Crippen LogP contribution in [0, 0.1) is 5.82 Å². The van der Waals surface area contributed by atoms with Crippen LogP contribution in [-0.2, 0) is 9.57 Å². The largest absolute Gasteiger partial charge is 0.492 e. The van der Waals surface area contributed by atoms with Gasteiger partial charge >= 0.3 is 6.09 Å². The molecule has 8 heteroatoms. The van der Waals surface area contributed by atoms with Crippen LogP contribution in [0.3, 0.4) is 0 Å². The third-order valence-corrected chi connectivity index (χ3v) is 4.09. The fraction of sp³-hybridized carbons (Fsp3) is 0.300. The minimum atomic E-state index is -0.723. The number of morpholine rings is 1. The van der Waals surface area contributed by atoms with Crippen LogP contribution in [0.1, 0.15) is 5.56 Å². The van der Waals surface area contributed by atoms with Crippen LogP contribution >= 0.6 is 0 Å². The summed E-state index contributed by atoms with van der Waals surface area (Å²) >= 11 is 0. The monoisotopic (exact) mass is 387 g/mol. The Labute approximate surface area is 162 Å². The summed E-state index contributed by atoms with van der Waals surface area (Å²) in [5.74, 6) is 0.380. The smallest absolute Gasteiger partial charge is 0.437 e. The highest BCUT2D eigenvalue weighted by molar-refractivity contribution is 5.85. The van der Waals surface area contributed by atoms with Crippen molar-refractivity contribution in [3.05, 3.63) is 59.9 Å². The van der Waals surface area contributed by atoms with Crippen LogP contribution in [0.25, 0.3) is 0 Å². The van der Waals surface area contributed by atoms with Gasteiger partial charge in [-0.1, -0.05) is 17.3 Å². The number of amides is 1. The molecule has 0 unspecified atom stereocenters. The zero-order chi connectivity index (χ0) is 19.6. The van der Waals surface area contributed by atoms with Gasteiger partial charge in [-0.25, -0.2) is 9.18 Å². The molecule has 7 nitrogen and oxygen atoms in total. The lowest BCUT2D eigenvalue weighted by molar-refractivity contribution is 0.0322. The third-order valence-electron chi connectivity index (χ3n) is 4.09. The Balaban J connectivity index is 1.38. The Kier molecular flexibility index (Phi) is 7.34. The average molecular weight is 387 g/mol. The Bertz CT molecular complexity index is 775. The van der Waals surface area contributed by atoms with Crippen molar-refractivity contribution in [2.24, 2.45) is 5.16 Å². The minimum absolute atomic E-state index is 0.343. The summed E-state index contributed by atoms with van der Waals surface area (Å²) in [6.07, 6.45) is 0.601. The van der Waals surface area contributed by atoms with Crippen LogP contribution in [0.2, 0.25) is 0 Å². The zero-order valence-electron chi connectivity index (χ0n) is 15.3. The van der Waals surface area contributed by atoms with Crippen LogP contribution in [-0.4, -0.2) is 56.7 Å². The molecule has 1 aliphatic rings. The number of anilines is 1. The van der Waals surface area contributed by atoms with Crippen molar-refractivity contribution >= 4 is 18.0 Å². The maximum absolute atomic E-state index is 12.8. The number of oxime groups is 1. The first kappa shape index (κ1) is 19.8. The van der Waals surface area contributed by atoms with Gasteiger partial charge in [-0.05, 0) is 42.0 Å². The van der Waals surface area contributed by atoms with E-state index < -0.39 is 6.09 Å². The number of hydrogen-bond donors (Lipinski definition) is 1. The van der Waals surface area contributed by atoms with E-state index in [2.05, 4.69) is 15.4 Å². The van der Waals surface area contributed by atoms with Gasteiger partial charge in [0, 0.05) is 25.3 Å². The van der Waals surface area contributed by atoms with E-state index >= 15 is 0 Å². The van der Waals surface area contributed by atoms with Crippen molar-refractivity contribution in [3.8, 4) is 5.75 Å². The summed E-state index contributed by atoms with van der Waals surface area (Å²) in [4.78, 5) is 18.7. The van der Waals surface area contributed by atoms with Gasteiger partial charge in [0.25, 0.3) is 0 Å². The van der Waals surface area contributed by atoms with Crippen LogP contribution in [0.4, 0.5) is 14.9 Å². The molecule has 1 amide bonds. The Hall–Kier alpha value is -2.97. The lowest BCUT2D eigenvalue weighted by Gasteiger charge is -2.26. The SMILES string of the molecule is O=C(Nc1ccc(OCCN2CCOCC2)cc1)O/N=C/c1ccc(F)cc1. The first-order valence-electron chi connectivity index (χ1n) is 8.99. The molecule has 0 aromatic heterocycles. The summed E-state index contributed by atoms with van der Waals surface area (Å²) < 4.78 is 23.8. The molecule has 1 saturated heterocycles. The second kappa shape index (κ2) is 10.4. The quantitative estimate of drug-likeness (QED) is 0.449. The van der Waals surface area contributed by atoms with Crippen LogP contribution < -0.4 is 10.1 Å². The van der Waals surface area contributed by atoms with E-state index in [-0.39, 0.29) is 5.82 Å². The summed E-state index contributed by atoms with van der Waals surface area (Å²) in [6, 6.07) is 12.6. The van der Waals surface area contributed by atoms with Crippen LogP contribution in [0.5, 0.6) is 5.75 Å². The van der Waals surface area contributed by atoms with Crippen molar-refractivity contribution in [1.29, 1.82) is 0 Å². The molecule has 148 valence electrons. The zero-order valence-corrected chi connectivity index (χ0v) is 15.3. The van der Waals surface area contributed by atoms with E-state index in [1.807, 2.05) is 0 Å². The lowest BCUT2D eigenvalue weighted by Crippen LogP contribution is -2.38. The van der Waals surface area contributed by atoms with E-state index in [4.69, 9.17) is 14.3 Å². The summed E-state index contributed by atoms with van der Waals surface area (Å²) in [7, 11) is 0. The van der Waals surface area contributed by atoms with Crippen molar-refractivity contribution in [3.63, 3.8) is 0 Å². The van der Waals surface area contributed by atoms with Gasteiger partial charge in [0.15, 0.2) is 0 Å². The van der Waals surface area contributed by atoms with Crippen LogP contribution in [0.15, 0.2) is 53.7 Å². The number of ether oxygens (including phenoxy) is 2. The summed E-state index contributed by atoms with van der Waals surface area (Å²) in [5, 5.41) is 6.13. The predicted molar refractivity (Wildman–Crippen MR) is 103 cm³/mol. The second-order valence-corrected chi connectivity index (χ2v) is 6.12. The maximum Gasteiger partial charge on any atom is 0.437 e. The molecule has 3 rings (SSSR count).